The van der Waals surface area contributed by atoms with Crippen molar-refractivity contribution in [2.45, 2.75) is 19.8 Å². The Labute approximate surface area is 88.4 Å². The molecule has 2 rings (SSSR count). The first-order valence-electron chi connectivity index (χ1n) is 5.03. The van der Waals surface area contributed by atoms with Gasteiger partial charge >= 0.3 is 0 Å². The third kappa shape index (κ3) is 2.62. The summed E-state index contributed by atoms with van der Waals surface area (Å²) in [7, 11) is 0. The molecule has 0 aliphatic heterocycles. The molecule has 4 nitrogen and oxygen atoms in total. The third-order valence-electron chi connectivity index (χ3n) is 2.40. The van der Waals surface area contributed by atoms with Crippen LogP contribution < -0.4 is 5.43 Å². The van der Waals surface area contributed by atoms with Gasteiger partial charge in [-0.05, 0) is 37.8 Å². The smallest absolute Gasteiger partial charge is 0.266 e. The van der Waals surface area contributed by atoms with Crippen LogP contribution in [0.15, 0.2) is 29.5 Å². The fourth-order valence-corrected chi connectivity index (χ4v) is 1.29. The Bertz CT molecular complexity index is 382. The molecule has 15 heavy (non-hydrogen) atoms. The SMILES string of the molecule is C/C(=N/NC(=O)c1ccccn1)C1CC1. The molecule has 1 aliphatic rings. The van der Waals surface area contributed by atoms with E-state index in [1.165, 1.54) is 12.8 Å². The summed E-state index contributed by atoms with van der Waals surface area (Å²) in [6, 6.07) is 5.21. The van der Waals surface area contributed by atoms with Crippen molar-refractivity contribution in [3.63, 3.8) is 0 Å². The van der Waals surface area contributed by atoms with Gasteiger partial charge in [0.1, 0.15) is 5.69 Å². The maximum Gasteiger partial charge on any atom is 0.289 e. The number of nitrogens with zero attached hydrogens (tertiary/aromatic N) is 2. The van der Waals surface area contributed by atoms with Gasteiger partial charge in [-0.15, -0.1) is 0 Å². The van der Waals surface area contributed by atoms with Crippen molar-refractivity contribution in [1.29, 1.82) is 0 Å². The van der Waals surface area contributed by atoms with E-state index in [9.17, 15) is 4.79 Å². The van der Waals surface area contributed by atoms with E-state index in [4.69, 9.17) is 0 Å². The summed E-state index contributed by atoms with van der Waals surface area (Å²) in [6.45, 7) is 1.94. The number of hydrogen-bond donors (Lipinski definition) is 1. The molecule has 0 saturated heterocycles. The van der Waals surface area contributed by atoms with Crippen LogP contribution in [0.2, 0.25) is 0 Å². The number of nitrogens with one attached hydrogen (secondary N) is 1. The second-order valence-electron chi connectivity index (χ2n) is 3.68. The minimum atomic E-state index is -0.254. The highest BCUT2D eigenvalue weighted by Crippen LogP contribution is 2.30. The summed E-state index contributed by atoms with van der Waals surface area (Å²) < 4.78 is 0. The lowest BCUT2D eigenvalue weighted by atomic mass is 10.3. The molecule has 0 radical (unpaired) electrons. The summed E-state index contributed by atoms with van der Waals surface area (Å²) in [6.07, 6.45) is 3.97. The highest BCUT2D eigenvalue weighted by atomic mass is 16.2. The first-order valence-corrected chi connectivity index (χ1v) is 5.03. The minimum Gasteiger partial charge on any atom is -0.266 e. The molecule has 1 saturated carbocycles. The van der Waals surface area contributed by atoms with Crippen LogP contribution in [0.25, 0.3) is 0 Å². The molecule has 0 spiro atoms. The number of hydrazone groups is 1. The fraction of sp³-hybridized carbons (Fsp3) is 0.364. The van der Waals surface area contributed by atoms with Crippen molar-refractivity contribution < 1.29 is 4.79 Å². The van der Waals surface area contributed by atoms with Crippen LogP contribution in [-0.2, 0) is 0 Å². The summed E-state index contributed by atoms with van der Waals surface area (Å²) in [5, 5.41) is 4.04. The number of pyridine rings is 1. The van der Waals surface area contributed by atoms with Crippen LogP contribution in [0.1, 0.15) is 30.3 Å². The zero-order valence-electron chi connectivity index (χ0n) is 8.60. The monoisotopic (exact) mass is 203 g/mol. The van der Waals surface area contributed by atoms with Gasteiger partial charge in [0, 0.05) is 11.9 Å². The zero-order valence-corrected chi connectivity index (χ0v) is 8.60. The molecule has 4 heteroatoms. The molecular weight excluding hydrogens is 190 g/mol. The van der Waals surface area contributed by atoms with E-state index in [1.54, 1.807) is 24.4 Å². The number of hydrogen-bond acceptors (Lipinski definition) is 3. The van der Waals surface area contributed by atoms with Crippen molar-refractivity contribution in [2.75, 3.05) is 0 Å². The molecule has 1 aromatic heterocycles. The van der Waals surface area contributed by atoms with E-state index in [2.05, 4.69) is 15.5 Å². The van der Waals surface area contributed by atoms with E-state index in [0.29, 0.717) is 11.6 Å². The van der Waals surface area contributed by atoms with E-state index >= 15 is 0 Å². The van der Waals surface area contributed by atoms with Crippen LogP contribution in [0.4, 0.5) is 0 Å². The second-order valence-corrected chi connectivity index (χ2v) is 3.68. The van der Waals surface area contributed by atoms with Gasteiger partial charge in [-0.25, -0.2) is 5.43 Å². The Balaban J connectivity index is 1.95. The van der Waals surface area contributed by atoms with Crippen LogP contribution >= 0.6 is 0 Å². The predicted molar refractivity (Wildman–Crippen MR) is 57.5 cm³/mol. The first kappa shape index (κ1) is 9.83. The standard InChI is InChI=1S/C11H13N3O/c1-8(9-5-6-9)13-14-11(15)10-4-2-3-7-12-10/h2-4,7,9H,5-6H2,1H3,(H,14,15)/b13-8-. The van der Waals surface area contributed by atoms with Gasteiger partial charge in [0.15, 0.2) is 0 Å². The van der Waals surface area contributed by atoms with Crippen LogP contribution in [0.3, 0.4) is 0 Å². The molecule has 1 heterocycles. The topological polar surface area (TPSA) is 54.4 Å². The predicted octanol–water partition coefficient (Wildman–Crippen LogP) is 1.60. The molecule has 1 fully saturated rings. The molecular formula is C11H13N3O. The number of carbonyl (C=O) groups is 1. The summed E-state index contributed by atoms with van der Waals surface area (Å²) in [5.74, 6) is 0.324. The minimum absolute atomic E-state index is 0.254. The number of amides is 1. The van der Waals surface area contributed by atoms with Gasteiger partial charge in [0.25, 0.3) is 5.91 Å². The zero-order chi connectivity index (χ0) is 10.7. The first-order chi connectivity index (χ1) is 7.27. The number of aromatic nitrogens is 1. The van der Waals surface area contributed by atoms with Crippen molar-refractivity contribution in [3.8, 4) is 0 Å². The summed E-state index contributed by atoms with van der Waals surface area (Å²) in [4.78, 5) is 15.4. The maximum absolute atomic E-state index is 11.5. The average Bonchev–Trinajstić information content (AvgIpc) is 3.10. The molecule has 1 aromatic rings. The van der Waals surface area contributed by atoms with Gasteiger partial charge in [-0.2, -0.15) is 5.10 Å². The van der Waals surface area contributed by atoms with E-state index in [0.717, 1.165) is 5.71 Å². The quantitative estimate of drug-likeness (QED) is 0.599. The second kappa shape index (κ2) is 4.21. The highest BCUT2D eigenvalue weighted by Gasteiger charge is 2.24. The molecule has 0 bridgehead atoms. The fourth-order valence-electron chi connectivity index (χ4n) is 1.29. The third-order valence-corrected chi connectivity index (χ3v) is 2.40. The highest BCUT2D eigenvalue weighted by molar-refractivity contribution is 5.94. The van der Waals surface area contributed by atoms with Crippen molar-refractivity contribution >= 4 is 11.6 Å². The summed E-state index contributed by atoms with van der Waals surface area (Å²) in [5.41, 5.74) is 3.90. The van der Waals surface area contributed by atoms with Gasteiger partial charge in [0.05, 0.1) is 0 Å². The Morgan fingerprint density at radius 3 is 2.93 bits per heavy atom. The van der Waals surface area contributed by atoms with E-state index in [-0.39, 0.29) is 5.91 Å². The average molecular weight is 203 g/mol. The maximum atomic E-state index is 11.5. The van der Waals surface area contributed by atoms with Crippen LogP contribution in [-0.4, -0.2) is 16.6 Å². The molecule has 1 aliphatic carbocycles. The largest absolute Gasteiger partial charge is 0.289 e. The lowest BCUT2D eigenvalue weighted by Gasteiger charge is -2.00. The van der Waals surface area contributed by atoms with E-state index < -0.39 is 0 Å². The molecule has 0 unspecified atom stereocenters. The molecule has 1 N–H and O–H groups in total. The van der Waals surface area contributed by atoms with E-state index in [1.807, 2.05) is 6.92 Å². The Hall–Kier alpha value is -1.71. The lowest BCUT2D eigenvalue weighted by molar-refractivity contribution is 0.0949. The normalized spacial score (nSPS) is 16.2. The lowest BCUT2D eigenvalue weighted by Crippen LogP contribution is -2.20. The van der Waals surface area contributed by atoms with Crippen molar-refractivity contribution in [2.24, 2.45) is 11.0 Å². The molecule has 78 valence electrons. The van der Waals surface area contributed by atoms with Crippen LogP contribution in [0, 0.1) is 5.92 Å². The van der Waals surface area contributed by atoms with Gasteiger partial charge in [-0.3, -0.25) is 9.78 Å². The molecule has 0 atom stereocenters. The molecule has 0 aromatic carbocycles. The van der Waals surface area contributed by atoms with Crippen molar-refractivity contribution in [3.05, 3.63) is 30.1 Å². The van der Waals surface area contributed by atoms with Gasteiger partial charge in [-0.1, -0.05) is 6.07 Å². The van der Waals surface area contributed by atoms with Gasteiger partial charge < -0.3 is 0 Å². The Morgan fingerprint density at radius 1 is 1.53 bits per heavy atom. The number of rotatable bonds is 3. The van der Waals surface area contributed by atoms with Crippen LogP contribution in [0.5, 0.6) is 0 Å². The summed E-state index contributed by atoms with van der Waals surface area (Å²) >= 11 is 0. The van der Waals surface area contributed by atoms with Crippen molar-refractivity contribution in [1.82, 2.24) is 10.4 Å². The molecule has 1 amide bonds. The number of carbonyl (C=O) groups excluding carboxylic acids is 1. The van der Waals surface area contributed by atoms with Gasteiger partial charge in [0.2, 0.25) is 0 Å². The Morgan fingerprint density at radius 2 is 2.33 bits per heavy atom. The Kier molecular flexibility index (Phi) is 2.76.